The maximum atomic E-state index is 12.5. The second-order valence-corrected chi connectivity index (χ2v) is 8.63. The number of benzene rings is 2. The Kier molecular flexibility index (Phi) is 6.28. The molecule has 6 nitrogen and oxygen atoms in total. The molecule has 1 amide bonds. The SMILES string of the molecule is COC(=O)N1c2ccc3c(nc(CCc4ccccc4)n3CCN(C)C)c2CCC1C. The van der Waals surface area contributed by atoms with Gasteiger partial charge in [0.2, 0.25) is 0 Å². The van der Waals surface area contributed by atoms with Crippen molar-refractivity contribution in [2.75, 3.05) is 32.6 Å². The van der Waals surface area contributed by atoms with Gasteiger partial charge in [0.25, 0.3) is 0 Å². The van der Waals surface area contributed by atoms with Crippen LogP contribution in [0.2, 0.25) is 0 Å². The third-order valence-corrected chi connectivity index (χ3v) is 6.21. The van der Waals surface area contributed by atoms with Crippen molar-refractivity contribution in [2.24, 2.45) is 0 Å². The Hall–Kier alpha value is -2.86. The molecular weight excluding hydrogens is 388 g/mol. The zero-order valence-corrected chi connectivity index (χ0v) is 19.0. The van der Waals surface area contributed by atoms with Gasteiger partial charge >= 0.3 is 6.09 Å². The number of aromatic nitrogens is 2. The zero-order valence-electron chi connectivity index (χ0n) is 19.0. The number of methoxy groups -OCH3 is 1. The van der Waals surface area contributed by atoms with Crippen LogP contribution in [0.5, 0.6) is 0 Å². The van der Waals surface area contributed by atoms with Gasteiger partial charge in [0, 0.05) is 31.1 Å². The molecule has 1 atom stereocenters. The number of aryl methyl sites for hydroxylation is 3. The van der Waals surface area contributed by atoms with Crippen molar-refractivity contribution >= 4 is 22.8 Å². The topological polar surface area (TPSA) is 50.6 Å². The molecule has 0 fully saturated rings. The quantitative estimate of drug-likeness (QED) is 0.597. The molecule has 0 saturated heterocycles. The second kappa shape index (κ2) is 9.10. The number of nitrogens with zero attached hydrogens (tertiary/aromatic N) is 4. The van der Waals surface area contributed by atoms with E-state index in [1.807, 2.05) is 0 Å². The molecule has 0 saturated carbocycles. The van der Waals surface area contributed by atoms with E-state index in [0.717, 1.165) is 66.9 Å². The molecule has 6 heteroatoms. The first-order valence-corrected chi connectivity index (χ1v) is 11.1. The summed E-state index contributed by atoms with van der Waals surface area (Å²) in [5.74, 6) is 1.11. The average molecular weight is 421 g/mol. The lowest BCUT2D eigenvalue weighted by atomic mass is 9.96. The molecule has 31 heavy (non-hydrogen) atoms. The summed E-state index contributed by atoms with van der Waals surface area (Å²) in [6, 6.07) is 14.9. The summed E-state index contributed by atoms with van der Waals surface area (Å²) in [5, 5.41) is 0. The van der Waals surface area contributed by atoms with Crippen LogP contribution in [0.15, 0.2) is 42.5 Å². The number of imidazole rings is 1. The van der Waals surface area contributed by atoms with Gasteiger partial charge in [-0.25, -0.2) is 9.78 Å². The van der Waals surface area contributed by atoms with Crippen molar-refractivity contribution in [3.05, 3.63) is 59.4 Å². The average Bonchev–Trinajstić information content (AvgIpc) is 3.14. The lowest BCUT2D eigenvalue weighted by molar-refractivity contribution is 0.175. The van der Waals surface area contributed by atoms with Crippen LogP contribution >= 0.6 is 0 Å². The van der Waals surface area contributed by atoms with Crippen molar-refractivity contribution in [1.29, 1.82) is 0 Å². The zero-order chi connectivity index (χ0) is 22.0. The van der Waals surface area contributed by atoms with E-state index in [9.17, 15) is 4.79 Å². The van der Waals surface area contributed by atoms with Crippen molar-refractivity contribution in [2.45, 2.75) is 45.2 Å². The van der Waals surface area contributed by atoms with E-state index in [2.05, 4.69) is 73.0 Å². The van der Waals surface area contributed by atoms with E-state index in [1.54, 1.807) is 4.90 Å². The highest BCUT2D eigenvalue weighted by Crippen LogP contribution is 2.36. The molecule has 0 aliphatic carbocycles. The number of anilines is 1. The van der Waals surface area contributed by atoms with Crippen molar-refractivity contribution < 1.29 is 9.53 Å². The van der Waals surface area contributed by atoms with Crippen molar-refractivity contribution in [3.8, 4) is 0 Å². The summed E-state index contributed by atoms with van der Waals surface area (Å²) in [6.45, 7) is 3.92. The minimum Gasteiger partial charge on any atom is -0.452 e. The summed E-state index contributed by atoms with van der Waals surface area (Å²) in [6.07, 6.45) is 3.37. The lowest BCUT2D eigenvalue weighted by Gasteiger charge is -2.34. The van der Waals surface area contributed by atoms with Crippen LogP contribution < -0.4 is 4.90 Å². The molecule has 1 aliphatic heterocycles. The highest BCUT2D eigenvalue weighted by atomic mass is 16.5. The summed E-state index contributed by atoms with van der Waals surface area (Å²) in [5.41, 5.74) is 5.60. The van der Waals surface area contributed by atoms with Gasteiger partial charge in [-0.3, -0.25) is 4.90 Å². The first-order valence-electron chi connectivity index (χ1n) is 11.1. The monoisotopic (exact) mass is 420 g/mol. The minimum absolute atomic E-state index is 0.116. The fourth-order valence-corrected chi connectivity index (χ4v) is 4.49. The highest BCUT2D eigenvalue weighted by molar-refractivity contribution is 5.95. The van der Waals surface area contributed by atoms with Gasteiger partial charge in [-0.1, -0.05) is 30.3 Å². The van der Waals surface area contributed by atoms with Crippen molar-refractivity contribution in [1.82, 2.24) is 14.5 Å². The number of amides is 1. The smallest absolute Gasteiger partial charge is 0.414 e. The van der Waals surface area contributed by atoms with Gasteiger partial charge in [-0.05, 0) is 58.0 Å². The molecule has 3 aromatic rings. The summed E-state index contributed by atoms with van der Waals surface area (Å²) in [4.78, 5) is 21.6. The Morgan fingerprint density at radius 3 is 2.65 bits per heavy atom. The van der Waals surface area contributed by atoms with Crippen LogP contribution in [-0.2, 0) is 30.5 Å². The number of rotatable bonds is 6. The molecule has 2 heterocycles. The van der Waals surface area contributed by atoms with Crippen LogP contribution in [0.4, 0.5) is 10.5 Å². The van der Waals surface area contributed by atoms with Gasteiger partial charge < -0.3 is 14.2 Å². The number of hydrogen-bond donors (Lipinski definition) is 0. The Bertz CT molecular complexity index is 1060. The van der Waals surface area contributed by atoms with Gasteiger partial charge in [0.05, 0.1) is 23.8 Å². The van der Waals surface area contributed by atoms with E-state index in [0.29, 0.717) is 0 Å². The first-order chi connectivity index (χ1) is 15.0. The van der Waals surface area contributed by atoms with Crippen molar-refractivity contribution in [3.63, 3.8) is 0 Å². The van der Waals surface area contributed by atoms with Gasteiger partial charge in [-0.15, -0.1) is 0 Å². The standard InChI is InChI=1S/C25H32N4O2/c1-18-10-12-20-21(29(18)25(30)31-4)13-14-22-24(20)26-23(28(22)17-16-27(2)3)15-11-19-8-6-5-7-9-19/h5-9,13-14,18H,10-12,15-17H2,1-4H3. The number of likely N-dealkylation sites (N-methyl/N-ethyl adjacent to an activating group) is 1. The van der Waals surface area contributed by atoms with E-state index >= 15 is 0 Å². The maximum absolute atomic E-state index is 12.5. The molecular formula is C25H32N4O2. The minimum atomic E-state index is -0.302. The second-order valence-electron chi connectivity index (χ2n) is 8.63. The molecule has 2 aromatic carbocycles. The van der Waals surface area contributed by atoms with Crippen LogP contribution in [0, 0.1) is 0 Å². The molecule has 0 spiro atoms. The summed E-state index contributed by atoms with van der Waals surface area (Å²) in [7, 11) is 5.64. The Morgan fingerprint density at radius 1 is 1.16 bits per heavy atom. The van der Waals surface area contributed by atoms with E-state index in [-0.39, 0.29) is 12.1 Å². The number of carbonyl (C=O) groups is 1. The number of carbonyl (C=O) groups excluding carboxylic acids is 1. The molecule has 164 valence electrons. The Morgan fingerprint density at radius 2 is 1.94 bits per heavy atom. The van der Waals surface area contributed by atoms with Gasteiger partial charge in [0.1, 0.15) is 5.82 Å². The molecule has 1 aliphatic rings. The van der Waals surface area contributed by atoms with Crippen LogP contribution in [0.1, 0.15) is 30.3 Å². The van der Waals surface area contributed by atoms with E-state index in [1.165, 1.54) is 12.7 Å². The molecule has 0 bridgehead atoms. The predicted molar refractivity (Wildman–Crippen MR) is 125 cm³/mol. The predicted octanol–water partition coefficient (Wildman–Crippen LogP) is 4.29. The largest absolute Gasteiger partial charge is 0.452 e. The van der Waals surface area contributed by atoms with E-state index in [4.69, 9.17) is 9.72 Å². The summed E-state index contributed by atoms with van der Waals surface area (Å²) >= 11 is 0. The third-order valence-electron chi connectivity index (χ3n) is 6.21. The Labute approximate surface area is 184 Å². The van der Waals surface area contributed by atoms with E-state index < -0.39 is 0 Å². The summed E-state index contributed by atoms with van der Waals surface area (Å²) < 4.78 is 7.43. The lowest BCUT2D eigenvalue weighted by Crippen LogP contribution is -2.42. The van der Waals surface area contributed by atoms with Gasteiger partial charge in [-0.2, -0.15) is 0 Å². The van der Waals surface area contributed by atoms with Gasteiger partial charge in [0.15, 0.2) is 0 Å². The molecule has 4 rings (SSSR count). The number of ether oxygens (including phenoxy) is 1. The first kappa shape index (κ1) is 21.4. The normalized spacial score (nSPS) is 16.0. The third kappa shape index (κ3) is 4.30. The highest BCUT2D eigenvalue weighted by Gasteiger charge is 2.31. The van der Waals surface area contributed by atoms with Crippen LogP contribution in [0.3, 0.4) is 0 Å². The fraction of sp³-hybridized carbons (Fsp3) is 0.440. The number of hydrogen-bond acceptors (Lipinski definition) is 4. The fourth-order valence-electron chi connectivity index (χ4n) is 4.49. The molecule has 0 N–H and O–H groups in total. The number of fused-ring (bicyclic) bond motifs is 3. The molecule has 1 unspecified atom stereocenters. The van der Waals surface area contributed by atoms with Crippen LogP contribution in [0.25, 0.3) is 11.0 Å². The molecule has 1 aromatic heterocycles. The Balaban J connectivity index is 1.76. The maximum Gasteiger partial charge on any atom is 0.414 e. The van der Waals surface area contributed by atoms with Crippen LogP contribution in [-0.4, -0.2) is 54.3 Å². The molecule has 0 radical (unpaired) electrons.